The lowest BCUT2D eigenvalue weighted by Gasteiger charge is -2.22. The van der Waals surface area contributed by atoms with Gasteiger partial charge in [0.25, 0.3) is 0 Å². The number of halogens is 4. The lowest BCUT2D eigenvalue weighted by molar-refractivity contribution is -0.274. The van der Waals surface area contributed by atoms with Crippen LogP contribution in [0.1, 0.15) is 49.3 Å². The van der Waals surface area contributed by atoms with Crippen LogP contribution in [0.15, 0.2) is 42.5 Å². The summed E-state index contributed by atoms with van der Waals surface area (Å²) >= 11 is 6.19. The predicted octanol–water partition coefficient (Wildman–Crippen LogP) is 6.21. The Labute approximate surface area is 161 Å². The molecule has 0 aliphatic rings. The van der Waals surface area contributed by atoms with Crippen molar-refractivity contribution in [3.63, 3.8) is 0 Å². The SMILES string of the molecule is CC(C)c1ccc(OC(F)(F)F)c(Cl)c1C(C)C(=O)OCc1ccccc1. The molecule has 27 heavy (non-hydrogen) atoms. The van der Waals surface area contributed by atoms with Crippen LogP contribution >= 0.6 is 11.6 Å². The predicted molar refractivity (Wildman–Crippen MR) is 96.9 cm³/mol. The molecule has 0 heterocycles. The molecule has 0 fully saturated rings. The average molecular weight is 401 g/mol. The van der Waals surface area contributed by atoms with E-state index in [1.54, 1.807) is 6.92 Å². The lowest BCUT2D eigenvalue weighted by Crippen LogP contribution is -2.19. The minimum Gasteiger partial charge on any atom is -0.460 e. The number of rotatable bonds is 6. The monoisotopic (exact) mass is 400 g/mol. The Balaban J connectivity index is 2.30. The van der Waals surface area contributed by atoms with Crippen LogP contribution in [0.25, 0.3) is 0 Å². The number of carbonyl (C=O) groups is 1. The number of hydrogen-bond acceptors (Lipinski definition) is 3. The summed E-state index contributed by atoms with van der Waals surface area (Å²) in [6.07, 6.45) is -4.88. The van der Waals surface area contributed by atoms with Gasteiger partial charge in [0.2, 0.25) is 0 Å². The number of hydrogen-bond donors (Lipinski definition) is 0. The molecule has 1 atom stereocenters. The maximum Gasteiger partial charge on any atom is 0.573 e. The molecule has 0 saturated carbocycles. The van der Waals surface area contributed by atoms with Crippen molar-refractivity contribution >= 4 is 17.6 Å². The van der Waals surface area contributed by atoms with Crippen molar-refractivity contribution in [2.45, 2.75) is 45.6 Å². The number of esters is 1. The van der Waals surface area contributed by atoms with E-state index in [1.165, 1.54) is 6.07 Å². The number of alkyl halides is 3. The zero-order chi connectivity index (χ0) is 20.2. The van der Waals surface area contributed by atoms with Gasteiger partial charge < -0.3 is 9.47 Å². The molecule has 0 N–H and O–H groups in total. The molecular weight excluding hydrogens is 381 g/mol. The fraction of sp³-hybridized carbons (Fsp3) is 0.350. The van der Waals surface area contributed by atoms with E-state index in [4.69, 9.17) is 16.3 Å². The molecule has 146 valence electrons. The first-order valence-corrected chi connectivity index (χ1v) is 8.76. The Kier molecular flexibility index (Phi) is 6.76. The van der Waals surface area contributed by atoms with Crippen LogP contribution in [0.3, 0.4) is 0 Å². The first-order valence-electron chi connectivity index (χ1n) is 8.38. The standard InChI is InChI=1S/C20H20ClF3O3/c1-12(2)15-9-10-16(27-20(22,23)24)18(21)17(15)13(3)19(25)26-11-14-7-5-4-6-8-14/h4-10,12-13H,11H2,1-3H3. The second-order valence-electron chi connectivity index (χ2n) is 6.40. The van der Waals surface area contributed by atoms with Crippen molar-refractivity contribution in [3.8, 4) is 5.75 Å². The number of carbonyl (C=O) groups excluding carboxylic acids is 1. The summed E-state index contributed by atoms with van der Waals surface area (Å²) < 4.78 is 47.1. The Bertz CT molecular complexity index is 789. The quantitative estimate of drug-likeness (QED) is 0.541. The molecule has 0 amide bonds. The molecular formula is C20H20ClF3O3. The zero-order valence-electron chi connectivity index (χ0n) is 15.1. The molecule has 0 bridgehead atoms. The minimum atomic E-state index is -4.88. The molecule has 2 rings (SSSR count). The molecule has 0 spiro atoms. The van der Waals surface area contributed by atoms with E-state index in [2.05, 4.69) is 4.74 Å². The van der Waals surface area contributed by atoms with Gasteiger partial charge in [-0.3, -0.25) is 4.79 Å². The van der Waals surface area contributed by atoms with Crippen LogP contribution in [0.5, 0.6) is 5.75 Å². The fourth-order valence-corrected chi connectivity index (χ4v) is 3.08. The van der Waals surface area contributed by atoms with Crippen LogP contribution in [0.2, 0.25) is 5.02 Å². The van der Waals surface area contributed by atoms with Gasteiger partial charge in [-0.1, -0.05) is 61.8 Å². The van der Waals surface area contributed by atoms with Gasteiger partial charge in [-0.25, -0.2) is 0 Å². The van der Waals surface area contributed by atoms with Crippen LogP contribution < -0.4 is 4.74 Å². The van der Waals surface area contributed by atoms with Gasteiger partial charge in [0.15, 0.2) is 0 Å². The van der Waals surface area contributed by atoms with Crippen molar-refractivity contribution in [2.75, 3.05) is 0 Å². The van der Waals surface area contributed by atoms with E-state index in [9.17, 15) is 18.0 Å². The maximum atomic E-state index is 12.6. The number of benzene rings is 2. The topological polar surface area (TPSA) is 35.5 Å². The Morgan fingerprint density at radius 3 is 2.26 bits per heavy atom. The van der Waals surface area contributed by atoms with Gasteiger partial charge in [0, 0.05) is 0 Å². The summed E-state index contributed by atoms with van der Waals surface area (Å²) in [5, 5.41) is -0.234. The highest BCUT2D eigenvalue weighted by Gasteiger charge is 2.34. The summed E-state index contributed by atoms with van der Waals surface area (Å²) in [5.41, 5.74) is 1.76. The maximum absolute atomic E-state index is 12.6. The molecule has 0 aliphatic heterocycles. The molecule has 0 aromatic heterocycles. The summed E-state index contributed by atoms with van der Waals surface area (Å²) in [4.78, 5) is 12.5. The molecule has 2 aromatic carbocycles. The van der Waals surface area contributed by atoms with Crippen LogP contribution in [-0.2, 0) is 16.1 Å². The second-order valence-corrected chi connectivity index (χ2v) is 6.78. The van der Waals surface area contributed by atoms with E-state index < -0.39 is 24.0 Å². The molecule has 0 saturated heterocycles. The van der Waals surface area contributed by atoms with Crippen molar-refractivity contribution in [1.29, 1.82) is 0 Å². The minimum absolute atomic E-state index is 0.0539. The summed E-state index contributed by atoms with van der Waals surface area (Å²) in [6.45, 7) is 5.35. The van der Waals surface area contributed by atoms with Crippen molar-refractivity contribution in [3.05, 3.63) is 64.2 Å². The third-order valence-electron chi connectivity index (χ3n) is 4.04. The van der Waals surface area contributed by atoms with Gasteiger partial charge in [-0.2, -0.15) is 0 Å². The molecule has 0 radical (unpaired) electrons. The first-order chi connectivity index (χ1) is 12.6. The smallest absolute Gasteiger partial charge is 0.460 e. The Hall–Kier alpha value is -2.21. The van der Waals surface area contributed by atoms with Gasteiger partial charge in [0.05, 0.1) is 10.9 Å². The van der Waals surface area contributed by atoms with Crippen molar-refractivity contribution in [1.82, 2.24) is 0 Å². The Morgan fingerprint density at radius 1 is 1.07 bits per heavy atom. The van der Waals surface area contributed by atoms with Crippen LogP contribution in [0.4, 0.5) is 13.2 Å². The molecule has 2 aromatic rings. The molecule has 1 unspecified atom stereocenters. The normalized spacial score (nSPS) is 12.7. The zero-order valence-corrected chi connectivity index (χ0v) is 15.9. The van der Waals surface area contributed by atoms with E-state index in [0.717, 1.165) is 11.6 Å². The lowest BCUT2D eigenvalue weighted by atomic mass is 9.89. The van der Waals surface area contributed by atoms with Gasteiger partial charge in [-0.15, -0.1) is 13.2 Å². The number of ether oxygens (including phenoxy) is 2. The average Bonchev–Trinajstić information content (AvgIpc) is 2.60. The summed E-state index contributed by atoms with van der Waals surface area (Å²) in [7, 11) is 0. The van der Waals surface area contributed by atoms with E-state index in [1.807, 2.05) is 44.2 Å². The third-order valence-corrected chi connectivity index (χ3v) is 4.43. The molecule has 3 nitrogen and oxygen atoms in total. The van der Waals surface area contributed by atoms with Gasteiger partial charge >= 0.3 is 12.3 Å². The second kappa shape index (κ2) is 8.65. The van der Waals surface area contributed by atoms with Crippen molar-refractivity contribution < 1.29 is 27.4 Å². The van der Waals surface area contributed by atoms with Crippen molar-refractivity contribution in [2.24, 2.45) is 0 Å². The van der Waals surface area contributed by atoms with Crippen LogP contribution in [-0.4, -0.2) is 12.3 Å². The highest BCUT2D eigenvalue weighted by molar-refractivity contribution is 6.33. The first kappa shape index (κ1) is 21.1. The fourth-order valence-electron chi connectivity index (χ4n) is 2.71. The van der Waals surface area contributed by atoms with E-state index >= 15 is 0 Å². The van der Waals surface area contributed by atoms with E-state index in [-0.39, 0.29) is 23.1 Å². The molecule has 7 heteroatoms. The highest BCUT2D eigenvalue weighted by Crippen LogP contribution is 2.40. The van der Waals surface area contributed by atoms with Crippen LogP contribution in [0, 0.1) is 0 Å². The third kappa shape index (κ3) is 5.63. The van der Waals surface area contributed by atoms with Gasteiger partial charge in [-0.05, 0) is 35.6 Å². The van der Waals surface area contributed by atoms with Gasteiger partial charge in [0.1, 0.15) is 12.4 Å². The highest BCUT2D eigenvalue weighted by atomic mass is 35.5. The largest absolute Gasteiger partial charge is 0.573 e. The summed E-state index contributed by atoms with van der Waals surface area (Å²) in [5.74, 6) is -2.02. The Morgan fingerprint density at radius 2 is 1.70 bits per heavy atom. The molecule has 0 aliphatic carbocycles. The summed E-state index contributed by atoms with van der Waals surface area (Å²) in [6, 6.07) is 11.8. The van der Waals surface area contributed by atoms with E-state index in [0.29, 0.717) is 5.56 Å².